The molecule has 2 nitrogen and oxygen atoms in total. The molecule has 0 amide bonds. The Morgan fingerprint density at radius 3 is 2.08 bits per heavy atom. The van der Waals surface area contributed by atoms with Gasteiger partial charge in [0.05, 0.1) is 6.61 Å². The van der Waals surface area contributed by atoms with Crippen molar-refractivity contribution in [2.75, 3.05) is 20.5 Å². The third-order valence-electron chi connectivity index (χ3n) is 1.05. The van der Waals surface area contributed by atoms with Crippen LogP contribution in [0.4, 0.5) is 0 Å². The smallest absolute Gasteiger partial charge is 0.146 e. The van der Waals surface area contributed by atoms with Crippen molar-refractivity contribution in [3.05, 3.63) is 0 Å². The molecule has 0 saturated heterocycles. The fourth-order valence-electron chi connectivity index (χ4n) is 0.422. The molecule has 0 aromatic carbocycles. The van der Waals surface area contributed by atoms with Crippen LogP contribution in [-0.4, -0.2) is 20.5 Å². The average molecular weight is 186 g/mol. The largest absolute Gasteiger partial charge is 0.359 e. The van der Waals surface area contributed by atoms with Crippen LogP contribution in [0.3, 0.4) is 0 Å². The van der Waals surface area contributed by atoms with E-state index in [9.17, 15) is 0 Å². The van der Waals surface area contributed by atoms with Gasteiger partial charge >= 0.3 is 0 Å². The summed E-state index contributed by atoms with van der Waals surface area (Å²) in [5.41, 5.74) is -0.182. The van der Waals surface area contributed by atoms with Gasteiger partial charge in [0.2, 0.25) is 0 Å². The van der Waals surface area contributed by atoms with Gasteiger partial charge < -0.3 is 9.47 Å². The lowest BCUT2D eigenvalue weighted by atomic mass is 9.97. The lowest BCUT2D eigenvalue weighted by Gasteiger charge is -2.16. The van der Waals surface area contributed by atoms with Crippen molar-refractivity contribution in [2.24, 2.45) is 5.41 Å². The maximum Gasteiger partial charge on any atom is 0.146 e. The monoisotopic (exact) mass is 186 g/mol. The third kappa shape index (κ3) is 14.3. The van der Waals surface area contributed by atoms with E-state index in [0.717, 1.165) is 0 Å². The first-order chi connectivity index (χ1) is 6.04. The molecule has 0 heterocycles. The summed E-state index contributed by atoms with van der Waals surface area (Å²) < 4.78 is 9.76. The van der Waals surface area contributed by atoms with Crippen molar-refractivity contribution in [3.8, 4) is 12.3 Å². The summed E-state index contributed by atoms with van der Waals surface area (Å²) in [6, 6.07) is 0. The molecule has 0 unspecified atom stereocenters. The van der Waals surface area contributed by atoms with Gasteiger partial charge in [-0.25, -0.2) is 0 Å². The second-order valence-corrected chi connectivity index (χ2v) is 3.49. The Morgan fingerprint density at radius 2 is 1.77 bits per heavy atom. The van der Waals surface area contributed by atoms with Crippen LogP contribution in [0.15, 0.2) is 0 Å². The van der Waals surface area contributed by atoms with Crippen molar-refractivity contribution in [1.29, 1.82) is 0 Å². The first-order valence-corrected chi connectivity index (χ1v) is 4.58. The maximum atomic E-state index is 5.22. The van der Waals surface area contributed by atoms with Crippen molar-refractivity contribution < 1.29 is 9.47 Å². The van der Waals surface area contributed by atoms with Gasteiger partial charge in [-0.2, -0.15) is 0 Å². The van der Waals surface area contributed by atoms with Gasteiger partial charge in [-0.1, -0.05) is 26.2 Å². The molecule has 2 heteroatoms. The van der Waals surface area contributed by atoms with Gasteiger partial charge in [0.15, 0.2) is 0 Å². The molecule has 13 heavy (non-hydrogen) atoms. The molecule has 0 aromatic heterocycles. The summed E-state index contributed by atoms with van der Waals surface area (Å²) in [5.74, 6) is 2.62. The van der Waals surface area contributed by atoms with E-state index in [4.69, 9.17) is 15.9 Å². The molecule has 0 atom stereocenters. The highest BCUT2D eigenvalue weighted by Crippen LogP contribution is 2.12. The normalized spacial score (nSPS) is 9.85. The standard InChI is InChI=1S/C8H14O2.C3H8/c1-5-8(2,3)6-10-7-9-4;1-3-2/h1H,6-7H2,2-4H3;3H2,1-2H3. The molecule has 0 saturated carbocycles. The molecule has 0 radical (unpaired) electrons. The van der Waals surface area contributed by atoms with Crippen LogP contribution < -0.4 is 0 Å². The van der Waals surface area contributed by atoms with E-state index in [1.54, 1.807) is 7.11 Å². The van der Waals surface area contributed by atoms with Gasteiger partial charge in [0.1, 0.15) is 6.79 Å². The van der Waals surface area contributed by atoms with Gasteiger partial charge in [0, 0.05) is 12.5 Å². The van der Waals surface area contributed by atoms with E-state index in [1.807, 2.05) is 13.8 Å². The molecule has 0 bridgehead atoms. The summed E-state index contributed by atoms with van der Waals surface area (Å²) in [7, 11) is 1.59. The molecule has 78 valence electrons. The number of ether oxygens (including phenoxy) is 2. The second kappa shape index (κ2) is 9.57. The predicted octanol–water partition coefficient (Wildman–Crippen LogP) is 2.68. The molecular weight excluding hydrogens is 164 g/mol. The van der Waals surface area contributed by atoms with Crippen molar-refractivity contribution in [3.63, 3.8) is 0 Å². The van der Waals surface area contributed by atoms with E-state index >= 15 is 0 Å². The number of hydrogen-bond acceptors (Lipinski definition) is 2. The summed E-state index contributed by atoms with van der Waals surface area (Å²) >= 11 is 0. The van der Waals surface area contributed by atoms with Gasteiger partial charge in [-0.05, 0) is 13.8 Å². The lowest BCUT2D eigenvalue weighted by molar-refractivity contribution is -0.0485. The number of terminal acetylenes is 1. The molecule has 0 rings (SSSR count). The van der Waals surface area contributed by atoms with E-state index in [1.165, 1.54) is 6.42 Å². The Morgan fingerprint density at radius 1 is 1.31 bits per heavy atom. The van der Waals surface area contributed by atoms with Crippen molar-refractivity contribution in [2.45, 2.75) is 34.1 Å². The Hall–Kier alpha value is -0.520. The highest BCUT2D eigenvalue weighted by atomic mass is 16.7. The van der Waals surface area contributed by atoms with E-state index in [0.29, 0.717) is 13.4 Å². The number of hydrogen-bond donors (Lipinski definition) is 0. The quantitative estimate of drug-likeness (QED) is 0.382. The van der Waals surface area contributed by atoms with Crippen molar-refractivity contribution in [1.82, 2.24) is 0 Å². The minimum Gasteiger partial charge on any atom is -0.359 e. The van der Waals surface area contributed by atoms with Crippen LogP contribution in [0.1, 0.15) is 34.1 Å². The highest BCUT2D eigenvalue weighted by molar-refractivity contribution is 5.00. The lowest BCUT2D eigenvalue weighted by Crippen LogP contribution is -2.17. The van der Waals surface area contributed by atoms with Crippen LogP contribution in [0.5, 0.6) is 0 Å². The Bertz CT molecular complexity index is 134. The number of methoxy groups -OCH3 is 1. The second-order valence-electron chi connectivity index (χ2n) is 3.49. The van der Waals surface area contributed by atoms with Crippen LogP contribution >= 0.6 is 0 Å². The molecular formula is C11H22O2. The molecule has 0 spiro atoms. The first-order valence-electron chi connectivity index (χ1n) is 4.58. The van der Waals surface area contributed by atoms with Crippen LogP contribution in [0.25, 0.3) is 0 Å². The Balaban J connectivity index is 0. The van der Waals surface area contributed by atoms with Crippen molar-refractivity contribution >= 4 is 0 Å². The van der Waals surface area contributed by atoms with Gasteiger partial charge in [-0.15, -0.1) is 6.42 Å². The van der Waals surface area contributed by atoms with Gasteiger partial charge in [0.25, 0.3) is 0 Å². The van der Waals surface area contributed by atoms with E-state index in [-0.39, 0.29) is 5.41 Å². The highest BCUT2D eigenvalue weighted by Gasteiger charge is 2.13. The van der Waals surface area contributed by atoms with E-state index in [2.05, 4.69) is 19.8 Å². The summed E-state index contributed by atoms with van der Waals surface area (Å²) in [4.78, 5) is 0. The third-order valence-corrected chi connectivity index (χ3v) is 1.05. The fourth-order valence-corrected chi connectivity index (χ4v) is 0.422. The molecule has 0 N–H and O–H groups in total. The summed E-state index contributed by atoms with van der Waals surface area (Å²) in [5, 5.41) is 0. The zero-order chi connectivity index (χ0) is 10.7. The zero-order valence-corrected chi connectivity index (χ0v) is 9.52. The molecule has 0 aliphatic rings. The topological polar surface area (TPSA) is 18.5 Å². The molecule has 0 fully saturated rings. The SMILES string of the molecule is C#CC(C)(C)COCOC.CCC. The fraction of sp³-hybridized carbons (Fsp3) is 0.818. The first kappa shape index (κ1) is 15.0. The van der Waals surface area contributed by atoms with E-state index < -0.39 is 0 Å². The minimum atomic E-state index is -0.182. The average Bonchev–Trinajstić information content (AvgIpc) is 2.06. The summed E-state index contributed by atoms with van der Waals surface area (Å²) in [6.45, 7) is 8.99. The van der Waals surface area contributed by atoms with Crippen LogP contribution in [0.2, 0.25) is 0 Å². The molecule has 0 aliphatic carbocycles. The molecule has 0 aromatic rings. The maximum absolute atomic E-state index is 5.22. The Kier molecular flexibility index (Phi) is 11.0. The molecule has 0 aliphatic heterocycles. The summed E-state index contributed by atoms with van der Waals surface area (Å²) in [6.07, 6.45) is 6.47. The number of rotatable bonds is 4. The van der Waals surface area contributed by atoms with Crippen LogP contribution in [-0.2, 0) is 9.47 Å². The zero-order valence-electron chi connectivity index (χ0n) is 9.52. The van der Waals surface area contributed by atoms with Crippen LogP contribution in [0, 0.1) is 17.8 Å². The Labute approximate surface area is 82.6 Å². The minimum absolute atomic E-state index is 0.182. The predicted molar refractivity (Wildman–Crippen MR) is 56.4 cm³/mol. The van der Waals surface area contributed by atoms with Gasteiger partial charge in [-0.3, -0.25) is 0 Å².